The van der Waals surface area contributed by atoms with E-state index in [-0.39, 0.29) is 25.7 Å². The molecule has 0 aliphatic heterocycles. The summed E-state index contributed by atoms with van der Waals surface area (Å²) in [7, 11) is -9.94. The Bertz CT molecular complexity index is 2150. The van der Waals surface area contributed by atoms with E-state index in [0.717, 1.165) is 102 Å². The molecular weight excluding hydrogens is 1460 g/mol. The molecule has 0 aliphatic carbocycles. The minimum absolute atomic E-state index is 0.108. The summed E-state index contributed by atoms with van der Waals surface area (Å²) in [4.78, 5) is 73.5. The molecule has 0 amide bonds. The van der Waals surface area contributed by atoms with Crippen molar-refractivity contribution in [2.75, 3.05) is 39.6 Å². The summed E-state index contributed by atoms with van der Waals surface area (Å²) in [5.41, 5.74) is 0. The lowest BCUT2D eigenvalue weighted by molar-refractivity contribution is -0.161. The normalized spacial score (nSPS) is 13.9. The summed E-state index contributed by atoms with van der Waals surface area (Å²) in [5, 5.41) is 10.7. The molecule has 3 N–H and O–H groups in total. The van der Waals surface area contributed by atoms with Gasteiger partial charge in [-0.1, -0.05) is 459 Å². The summed E-state index contributed by atoms with van der Waals surface area (Å²) < 4.78 is 69.2. The molecule has 0 saturated carbocycles. The SMILES string of the molecule is CCCCCCCCCCCCCCCCCCCCCCCCC(=O)OC[C@H](COP(=O)(O)OC[C@@H](O)COP(=O)(O)OC[C@@H](COC(=O)CCCCCCCCCCCCCC)OC(=O)CCCCCCCCCCCCCCCCC(C)C)OC(=O)CCCCCCCCCCCCCCCCCCCCC(C)CC. The smallest absolute Gasteiger partial charge is 0.462 e. The standard InChI is InChI=1S/C94H184O17P2/c1-7-10-12-14-16-18-20-22-23-24-25-26-27-28-32-35-41-47-53-59-65-71-77-92(97)105-83-90(111-93(98)78-72-66-60-54-48-42-36-33-30-29-31-34-40-45-51-57-63-69-75-87(6)9-3)85-109-113(102,103)107-81-88(95)80-106-112(100,101)108-84-89(82-104-91(96)76-70-64-58-52-46-21-19-17-15-13-11-8-2)110-94(99)79-73-67-61-55-49-43-38-37-39-44-50-56-62-68-74-86(4)5/h86-90,95H,7-85H2,1-6H3,(H,100,101)(H,102,103)/t87?,88-,89+,90+/m0/s1. The second-order valence-electron chi connectivity index (χ2n) is 34.5. The highest BCUT2D eigenvalue weighted by Gasteiger charge is 2.31. The molecule has 0 radical (unpaired) electrons. The van der Waals surface area contributed by atoms with Crippen LogP contribution in [0.15, 0.2) is 0 Å². The van der Waals surface area contributed by atoms with E-state index in [4.69, 9.17) is 37.0 Å². The Morgan fingerprint density at radius 2 is 0.451 bits per heavy atom. The molecule has 0 fully saturated rings. The average molecular weight is 1650 g/mol. The number of hydrogen-bond donors (Lipinski definition) is 3. The number of phosphoric ester groups is 2. The fourth-order valence-electron chi connectivity index (χ4n) is 14.8. The van der Waals surface area contributed by atoms with Crippen molar-refractivity contribution in [3.8, 4) is 0 Å². The quantitative estimate of drug-likeness (QED) is 0.0222. The van der Waals surface area contributed by atoms with Crippen LogP contribution in [0.3, 0.4) is 0 Å². The Hall–Kier alpha value is -1.94. The molecule has 0 aromatic rings. The maximum atomic E-state index is 13.2. The fourth-order valence-corrected chi connectivity index (χ4v) is 16.4. The lowest BCUT2D eigenvalue weighted by atomic mass is 9.99. The lowest BCUT2D eigenvalue weighted by Crippen LogP contribution is -2.30. The molecule has 672 valence electrons. The lowest BCUT2D eigenvalue weighted by Gasteiger charge is -2.21. The largest absolute Gasteiger partial charge is 0.472 e. The van der Waals surface area contributed by atoms with Gasteiger partial charge in [-0.3, -0.25) is 37.3 Å². The maximum absolute atomic E-state index is 13.2. The van der Waals surface area contributed by atoms with Gasteiger partial charge in [-0.2, -0.15) is 0 Å². The molecule has 0 spiro atoms. The third kappa shape index (κ3) is 86.3. The van der Waals surface area contributed by atoms with E-state index >= 15 is 0 Å². The topological polar surface area (TPSA) is 237 Å². The van der Waals surface area contributed by atoms with Crippen LogP contribution in [0.5, 0.6) is 0 Å². The van der Waals surface area contributed by atoms with Crippen LogP contribution in [0.1, 0.15) is 510 Å². The van der Waals surface area contributed by atoms with Crippen molar-refractivity contribution in [1.29, 1.82) is 0 Å². The van der Waals surface area contributed by atoms with E-state index < -0.39 is 97.5 Å². The predicted octanol–water partition coefficient (Wildman–Crippen LogP) is 29.4. The highest BCUT2D eigenvalue weighted by molar-refractivity contribution is 7.47. The molecule has 0 heterocycles. The first-order chi connectivity index (χ1) is 54.9. The van der Waals surface area contributed by atoms with Gasteiger partial charge in [-0.15, -0.1) is 0 Å². The van der Waals surface area contributed by atoms with Gasteiger partial charge in [0.2, 0.25) is 0 Å². The van der Waals surface area contributed by atoms with Gasteiger partial charge >= 0.3 is 39.5 Å². The number of phosphoric acid groups is 2. The van der Waals surface area contributed by atoms with E-state index in [0.29, 0.717) is 25.7 Å². The third-order valence-electron chi connectivity index (χ3n) is 22.6. The van der Waals surface area contributed by atoms with Crippen molar-refractivity contribution in [2.24, 2.45) is 11.8 Å². The first kappa shape index (κ1) is 111. The zero-order valence-corrected chi connectivity index (χ0v) is 76.5. The van der Waals surface area contributed by atoms with Gasteiger partial charge in [0.25, 0.3) is 0 Å². The molecule has 19 heteroatoms. The van der Waals surface area contributed by atoms with Crippen molar-refractivity contribution in [2.45, 2.75) is 529 Å². The number of aliphatic hydroxyl groups excluding tert-OH is 1. The first-order valence-electron chi connectivity index (χ1n) is 48.5. The van der Waals surface area contributed by atoms with Crippen LogP contribution in [0.25, 0.3) is 0 Å². The van der Waals surface area contributed by atoms with Crippen LogP contribution in [0.2, 0.25) is 0 Å². The Labute approximate surface area is 696 Å². The Morgan fingerprint density at radius 1 is 0.257 bits per heavy atom. The molecule has 0 saturated heterocycles. The van der Waals surface area contributed by atoms with Gasteiger partial charge in [0.1, 0.15) is 19.3 Å². The van der Waals surface area contributed by atoms with Gasteiger partial charge in [0.15, 0.2) is 12.2 Å². The predicted molar refractivity (Wildman–Crippen MR) is 469 cm³/mol. The number of aliphatic hydroxyl groups is 1. The van der Waals surface area contributed by atoms with Gasteiger partial charge in [-0.25, -0.2) is 9.13 Å². The second-order valence-corrected chi connectivity index (χ2v) is 37.4. The van der Waals surface area contributed by atoms with Crippen molar-refractivity contribution in [3.05, 3.63) is 0 Å². The Balaban J connectivity index is 5.24. The van der Waals surface area contributed by atoms with Gasteiger partial charge in [0, 0.05) is 25.7 Å². The monoisotopic (exact) mass is 1650 g/mol. The van der Waals surface area contributed by atoms with Crippen molar-refractivity contribution < 1.29 is 80.2 Å². The summed E-state index contributed by atoms with van der Waals surface area (Å²) in [5.74, 6) is -0.426. The minimum atomic E-state index is -4.97. The van der Waals surface area contributed by atoms with E-state index in [1.54, 1.807) is 0 Å². The number of esters is 4. The molecule has 0 aromatic heterocycles. The van der Waals surface area contributed by atoms with Crippen molar-refractivity contribution in [3.63, 3.8) is 0 Å². The van der Waals surface area contributed by atoms with Crippen molar-refractivity contribution >= 4 is 39.5 Å². The molecule has 0 bridgehead atoms. The number of ether oxygens (including phenoxy) is 4. The van der Waals surface area contributed by atoms with Crippen LogP contribution in [-0.2, 0) is 65.4 Å². The molecule has 0 rings (SSSR count). The highest BCUT2D eigenvalue weighted by atomic mass is 31.2. The molecule has 113 heavy (non-hydrogen) atoms. The molecular formula is C94H184O17P2. The van der Waals surface area contributed by atoms with Gasteiger partial charge < -0.3 is 33.8 Å². The Kier molecular flexibility index (Phi) is 83.6. The van der Waals surface area contributed by atoms with Gasteiger partial charge in [-0.05, 0) is 37.5 Å². The Morgan fingerprint density at radius 3 is 0.673 bits per heavy atom. The van der Waals surface area contributed by atoms with Crippen LogP contribution in [0.4, 0.5) is 0 Å². The van der Waals surface area contributed by atoms with E-state index in [1.165, 1.54) is 327 Å². The highest BCUT2D eigenvalue weighted by Crippen LogP contribution is 2.45. The van der Waals surface area contributed by atoms with Crippen molar-refractivity contribution in [1.82, 2.24) is 0 Å². The molecule has 0 aromatic carbocycles. The van der Waals surface area contributed by atoms with Crippen LogP contribution >= 0.6 is 15.6 Å². The number of carbonyl (C=O) groups excluding carboxylic acids is 4. The minimum Gasteiger partial charge on any atom is -0.462 e. The zero-order chi connectivity index (χ0) is 82.7. The number of unbranched alkanes of at least 4 members (excludes halogenated alkanes) is 62. The third-order valence-corrected chi connectivity index (χ3v) is 24.5. The summed E-state index contributed by atoms with van der Waals surface area (Å²) in [6, 6.07) is 0. The first-order valence-corrected chi connectivity index (χ1v) is 51.5. The summed E-state index contributed by atoms with van der Waals surface area (Å²) >= 11 is 0. The fraction of sp³-hybridized carbons (Fsp3) is 0.957. The van der Waals surface area contributed by atoms with E-state index in [9.17, 15) is 43.2 Å². The summed E-state index contributed by atoms with van der Waals surface area (Å²) in [6.07, 6.45) is 80.6. The van der Waals surface area contributed by atoms with Crippen LogP contribution < -0.4 is 0 Å². The molecule has 6 atom stereocenters. The summed E-state index contributed by atoms with van der Waals surface area (Å²) in [6.45, 7) is 9.81. The van der Waals surface area contributed by atoms with Crippen LogP contribution in [-0.4, -0.2) is 96.7 Å². The second kappa shape index (κ2) is 85.1. The molecule has 3 unspecified atom stereocenters. The van der Waals surface area contributed by atoms with E-state index in [2.05, 4.69) is 41.5 Å². The van der Waals surface area contributed by atoms with Crippen LogP contribution in [0, 0.1) is 11.8 Å². The number of rotatable bonds is 93. The van der Waals surface area contributed by atoms with E-state index in [1.807, 2.05) is 0 Å². The van der Waals surface area contributed by atoms with Gasteiger partial charge in [0.05, 0.1) is 26.4 Å². The molecule has 17 nitrogen and oxygen atoms in total. The average Bonchev–Trinajstić information content (AvgIpc) is 0.899. The number of carbonyl (C=O) groups is 4. The molecule has 0 aliphatic rings. The number of hydrogen-bond acceptors (Lipinski definition) is 15. The maximum Gasteiger partial charge on any atom is 0.472 e. The zero-order valence-electron chi connectivity index (χ0n) is 74.7.